The Morgan fingerprint density at radius 2 is 2.06 bits per heavy atom. The van der Waals surface area contributed by atoms with E-state index in [9.17, 15) is 0 Å². The molecule has 0 saturated carbocycles. The topological polar surface area (TPSA) is 73.9 Å². The van der Waals surface area contributed by atoms with Crippen LogP contribution in [-0.2, 0) is 0 Å². The van der Waals surface area contributed by atoms with Crippen LogP contribution in [0.25, 0.3) is 0 Å². The van der Waals surface area contributed by atoms with E-state index in [1.54, 1.807) is 0 Å². The van der Waals surface area contributed by atoms with Gasteiger partial charge >= 0.3 is 0 Å². The molecule has 1 heterocycles. The Labute approximate surface area is 97.6 Å². The highest BCUT2D eigenvalue weighted by Crippen LogP contribution is 2.20. The van der Waals surface area contributed by atoms with E-state index < -0.39 is 0 Å². The van der Waals surface area contributed by atoms with Crippen molar-refractivity contribution in [3.05, 3.63) is 0 Å². The van der Waals surface area contributed by atoms with Gasteiger partial charge in [-0.25, -0.2) is 10.4 Å². The van der Waals surface area contributed by atoms with Crippen LogP contribution in [0.1, 0.15) is 46.5 Å². The molecule has 1 aliphatic heterocycles. The zero-order valence-electron chi connectivity index (χ0n) is 10.5. The van der Waals surface area contributed by atoms with Gasteiger partial charge in [0.15, 0.2) is 5.84 Å². The molecule has 3 unspecified atom stereocenters. The van der Waals surface area contributed by atoms with Gasteiger partial charge < -0.3 is 10.9 Å². The van der Waals surface area contributed by atoms with Crippen LogP contribution in [0.15, 0.2) is 5.16 Å². The van der Waals surface area contributed by atoms with Gasteiger partial charge in [0, 0.05) is 12.1 Å². The van der Waals surface area contributed by atoms with Crippen LogP contribution in [-0.4, -0.2) is 34.2 Å². The minimum absolute atomic E-state index is 0.0759. The van der Waals surface area contributed by atoms with Crippen molar-refractivity contribution in [1.82, 2.24) is 10.4 Å². The van der Waals surface area contributed by atoms with Crippen molar-refractivity contribution in [2.45, 2.75) is 64.6 Å². The van der Waals surface area contributed by atoms with Gasteiger partial charge in [-0.3, -0.25) is 0 Å². The molecular formula is C11H24N4O. The molecule has 0 spiro atoms. The Balaban J connectivity index is 2.62. The summed E-state index contributed by atoms with van der Waals surface area (Å²) in [5.41, 5.74) is 9.02. The van der Waals surface area contributed by atoms with Crippen LogP contribution in [0.3, 0.4) is 0 Å². The third-order valence-electron chi connectivity index (χ3n) is 3.38. The molecule has 0 aromatic heterocycles. The van der Waals surface area contributed by atoms with Gasteiger partial charge in [-0.05, 0) is 33.1 Å². The van der Waals surface area contributed by atoms with Crippen LogP contribution in [0.4, 0.5) is 0 Å². The number of amidine groups is 1. The van der Waals surface area contributed by atoms with Crippen molar-refractivity contribution in [3.63, 3.8) is 0 Å². The van der Waals surface area contributed by atoms with E-state index in [1.165, 1.54) is 19.3 Å². The second-order valence-corrected chi connectivity index (χ2v) is 4.65. The molecule has 0 amide bonds. The summed E-state index contributed by atoms with van der Waals surface area (Å²) < 4.78 is 0. The summed E-state index contributed by atoms with van der Waals surface area (Å²) in [6.45, 7) is 6.44. The highest BCUT2D eigenvalue weighted by Gasteiger charge is 2.27. The number of piperidine rings is 1. The van der Waals surface area contributed by atoms with E-state index in [4.69, 9.17) is 10.9 Å². The Bertz CT molecular complexity index is 234. The fraction of sp³-hybridized carbons (Fsp3) is 0.909. The quantitative estimate of drug-likeness (QED) is 0.293. The molecule has 0 aromatic rings. The fourth-order valence-electron chi connectivity index (χ4n) is 2.29. The number of oxime groups is 1. The van der Waals surface area contributed by atoms with E-state index in [-0.39, 0.29) is 11.9 Å². The molecule has 4 N–H and O–H groups in total. The molecule has 5 heteroatoms. The summed E-state index contributed by atoms with van der Waals surface area (Å²) in [6, 6.07) is 0.932. The molecule has 1 saturated heterocycles. The van der Waals surface area contributed by atoms with Crippen LogP contribution in [0, 0.1) is 0 Å². The van der Waals surface area contributed by atoms with Gasteiger partial charge in [0.2, 0.25) is 0 Å². The summed E-state index contributed by atoms with van der Waals surface area (Å²) in [4.78, 5) is 0. The summed E-state index contributed by atoms with van der Waals surface area (Å²) in [5.74, 6) is 0.257. The zero-order valence-corrected chi connectivity index (χ0v) is 10.5. The maximum Gasteiger partial charge on any atom is 0.157 e. The van der Waals surface area contributed by atoms with E-state index >= 15 is 0 Å². The third kappa shape index (κ3) is 3.09. The van der Waals surface area contributed by atoms with Crippen molar-refractivity contribution >= 4 is 5.84 Å². The number of hydrogen-bond donors (Lipinski definition) is 3. The third-order valence-corrected chi connectivity index (χ3v) is 3.38. The van der Waals surface area contributed by atoms with Gasteiger partial charge in [-0.2, -0.15) is 0 Å². The molecule has 0 aliphatic carbocycles. The van der Waals surface area contributed by atoms with E-state index in [1.807, 2.05) is 6.92 Å². The first-order valence-electron chi connectivity index (χ1n) is 6.12. The molecule has 5 nitrogen and oxygen atoms in total. The second-order valence-electron chi connectivity index (χ2n) is 4.65. The average Bonchev–Trinajstić information content (AvgIpc) is 2.28. The SMILES string of the molecule is CCC(NN1C(C)CCCC1C)C(N)=NO. The number of rotatable bonds is 4. The lowest BCUT2D eigenvalue weighted by Gasteiger charge is -2.41. The molecule has 1 aliphatic rings. The fourth-order valence-corrected chi connectivity index (χ4v) is 2.29. The smallest absolute Gasteiger partial charge is 0.157 e. The van der Waals surface area contributed by atoms with Crippen molar-refractivity contribution in [2.75, 3.05) is 0 Å². The largest absolute Gasteiger partial charge is 0.409 e. The number of nitrogens with one attached hydrogen (secondary N) is 1. The number of nitrogens with two attached hydrogens (primary N) is 1. The van der Waals surface area contributed by atoms with Gasteiger partial charge in [0.1, 0.15) is 0 Å². The Kier molecular flexibility index (Phi) is 5.02. The molecule has 1 fully saturated rings. The Morgan fingerprint density at radius 3 is 2.50 bits per heavy atom. The summed E-state index contributed by atoms with van der Waals surface area (Å²) in [7, 11) is 0. The van der Waals surface area contributed by atoms with Gasteiger partial charge in [0.25, 0.3) is 0 Å². The van der Waals surface area contributed by atoms with E-state index in [0.29, 0.717) is 12.1 Å². The molecule has 94 valence electrons. The van der Waals surface area contributed by atoms with Crippen LogP contribution in [0.2, 0.25) is 0 Å². The molecule has 1 rings (SSSR count). The van der Waals surface area contributed by atoms with Crippen LogP contribution >= 0.6 is 0 Å². The maximum absolute atomic E-state index is 8.70. The zero-order chi connectivity index (χ0) is 12.1. The summed E-state index contributed by atoms with van der Waals surface area (Å²) >= 11 is 0. The monoisotopic (exact) mass is 228 g/mol. The normalized spacial score (nSPS) is 30.3. The maximum atomic E-state index is 8.70. The summed E-state index contributed by atoms with van der Waals surface area (Å²) in [6.07, 6.45) is 4.49. The molecule has 0 bridgehead atoms. The predicted molar refractivity (Wildman–Crippen MR) is 65.2 cm³/mol. The van der Waals surface area contributed by atoms with E-state index in [2.05, 4.69) is 29.4 Å². The lowest BCUT2D eigenvalue weighted by atomic mass is 9.99. The molecule has 3 atom stereocenters. The van der Waals surface area contributed by atoms with Crippen molar-refractivity contribution in [3.8, 4) is 0 Å². The Morgan fingerprint density at radius 1 is 1.50 bits per heavy atom. The highest BCUT2D eigenvalue weighted by molar-refractivity contribution is 5.85. The predicted octanol–water partition coefficient (Wildman–Crippen LogP) is 1.28. The number of hydrazine groups is 1. The van der Waals surface area contributed by atoms with Crippen molar-refractivity contribution in [1.29, 1.82) is 0 Å². The van der Waals surface area contributed by atoms with Crippen molar-refractivity contribution in [2.24, 2.45) is 10.9 Å². The Hall–Kier alpha value is -0.810. The highest BCUT2D eigenvalue weighted by atomic mass is 16.4. The minimum atomic E-state index is -0.0759. The van der Waals surface area contributed by atoms with Crippen LogP contribution in [0.5, 0.6) is 0 Å². The van der Waals surface area contributed by atoms with Gasteiger partial charge in [-0.15, -0.1) is 0 Å². The second kappa shape index (κ2) is 6.06. The standard InChI is InChI=1S/C11H24N4O/c1-4-10(11(12)14-16)13-15-8(2)6-5-7-9(15)3/h8-10,13,16H,4-7H2,1-3H3,(H2,12,14). The van der Waals surface area contributed by atoms with Gasteiger partial charge in [0.05, 0.1) is 6.04 Å². The molecule has 16 heavy (non-hydrogen) atoms. The molecule has 0 aromatic carbocycles. The number of nitrogens with zero attached hydrogens (tertiary/aromatic N) is 2. The molecular weight excluding hydrogens is 204 g/mol. The first-order valence-corrected chi connectivity index (χ1v) is 6.12. The average molecular weight is 228 g/mol. The lowest BCUT2D eigenvalue weighted by molar-refractivity contribution is 0.0382. The van der Waals surface area contributed by atoms with Gasteiger partial charge in [-0.1, -0.05) is 18.5 Å². The first kappa shape index (κ1) is 13.3. The van der Waals surface area contributed by atoms with Crippen LogP contribution < -0.4 is 11.2 Å². The summed E-state index contributed by atoms with van der Waals surface area (Å²) in [5, 5.41) is 14.0. The first-order chi connectivity index (χ1) is 7.60. The minimum Gasteiger partial charge on any atom is -0.409 e. The lowest BCUT2D eigenvalue weighted by Crippen LogP contribution is -2.58. The van der Waals surface area contributed by atoms with E-state index in [0.717, 1.165) is 6.42 Å². The number of hydrogen-bond acceptors (Lipinski definition) is 4. The van der Waals surface area contributed by atoms with Crippen molar-refractivity contribution < 1.29 is 5.21 Å². The molecule has 0 radical (unpaired) electrons.